The number of nitrogens with one attached hydrogen (secondary N) is 1. The van der Waals surface area contributed by atoms with Gasteiger partial charge in [0, 0.05) is 6.61 Å². The van der Waals surface area contributed by atoms with Crippen LogP contribution in [-0.4, -0.2) is 50.1 Å². The Morgan fingerprint density at radius 3 is 2.00 bits per heavy atom. The lowest BCUT2D eigenvalue weighted by molar-refractivity contribution is -0.371. The molecule has 0 amide bonds. The molecule has 0 aliphatic rings. The van der Waals surface area contributed by atoms with E-state index in [2.05, 4.69) is 26.9 Å². The van der Waals surface area contributed by atoms with E-state index >= 15 is 0 Å². The highest BCUT2D eigenvalue weighted by molar-refractivity contribution is 6.52. The molecule has 0 saturated carbocycles. The number of hydrogen-bond donors (Lipinski definition) is 1. The van der Waals surface area contributed by atoms with Crippen LogP contribution in [0.2, 0.25) is 0 Å². The summed E-state index contributed by atoms with van der Waals surface area (Å²) in [5.41, 5.74) is 0. The second-order valence-electron chi connectivity index (χ2n) is 4.22. The molecule has 0 aromatic carbocycles. The zero-order chi connectivity index (χ0) is 15.3. The molecule has 1 atom stereocenters. The average molecular weight is 313 g/mol. The van der Waals surface area contributed by atoms with E-state index in [-0.39, 0.29) is 5.92 Å². The first kappa shape index (κ1) is 19.9. The summed E-state index contributed by atoms with van der Waals surface area (Å²) in [7, 11) is 0.348. The molecule has 8 nitrogen and oxygen atoms in total. The number of hydrogen-bond acceptors (Lipinski definition) is 8. The maximum atomic E-state index is 5.53. The largest absolute Gasteiger partial charge is 0.764 e. The Labute approximate surface area is 121 Å². The molecule has 122 valence electrons. The van der Waals surface area contributed by atoms with Crippen LogP contribution in [-0.2, 0) is 32.8 Å². The van der Waals surface area contributed by atoms with Crippen LogP contribution in [0.25, 0.3) is 0 Å². The summed E-state index contributed by atoms with van der Waals surface area (Å²) in [5.74, 6) is 0.236. The highest BCUT2D eigenvalue weighted by Gasteiger charge is 2.52. The maximum Gasteiger partial charge on any atom is 0.764 e. The monoisotopic (exact) mass is 313 g/mol. The minimum absolute atomic E-state index is 0.236. The predicted molar refractivity (Wildman–Crippen MR) is 72.9 cm³/mol. The van der Waals surface area contributed by atoms with Crippen LogP contribution in [0.3, 0.4) is 0 Å². The molecule has 0 aliphatic carbocycles. The van der Waals surface area contributed by atoms with Gasteiger partial charge in [0.05, 0.1) is 21.3 Å². The fraction of sp³-hybridized carbons (Fsp3) is 1.00. The molecule has 0 aromatic heterocycles. The Hall–Kier alpha value is -0.103. The van der Waals surface area contributed by atoms with Crippen LogP contribution in [0, 0.1) is 5.92 Å². The molecular formula is C11H27NO7Si. The van der Waals surface area contributed by atoms with Crippen molar-refractivity contribution in [2.45, 2.75) is 26.7 Å². The SMILES string of the molecule is CCCCNCC(C)CO[Si](OOC)(OOC)OOC. The van der Waals surface area contributed by atoms with Gasteiger partial charge >= 0.3 is 9.05 Å². The lowest BCUT2D eigenvalue weighted by Gasteiger charge is -2.24. The van der Waals surface area contributed by atoms with Gasteiger partial charge in [0.25, 0.3) is 0 Å². The van der Waals surface area contributed by atoms with E-state index in [1.54, 1.807) is 0 Å². The molecule has 1 N–H and O–H groups in total. The summed E-state index contributed by atoms with van der Waals surface area (Å²) in [5, 5.41) is 3.34. The highest BCUT2D eigenvalue weighted by Crippen LogP contribution is 2.14. The van der Waals surface area contributed by atoms with Gasteiger partial charge in [-0.05, 0) is 25.4 Å². The molecule has 0 rings (SSSR count). The minimum atomic E-state index is -3.61. The third-order valence-electron chi connectivity index (χ3n) is 2.30. The van der Waals surface area contributed by atoms with Crippen LogP contribution in [0.15, 0.2) is 0 Å². The topological polar surface area (TPSA) is 76.6 Å². The number of unbranched alkanes of at least 4 members (excludes halogenated alkanes) is 1. The lowest BCUT2D eigenvalue weighted by atomic mass is 10.2. The van der Waals surface area contributed by atoms with Gasteiger partial charge in [-0.25, -0.2) is 14.7 Å². The van der Waals surface area contributed by atoms with Crippen molar-refractivity contribution in [3.63, 3.8) is 0 Å². The second kappa shape index (κ2) is 12.6. The Morgan fingerprint density at radius 1 is 1.00 bits per heavy atom. The third kappa shape index (κ3) is 8.95. The first-order valence-electron chi connectivity index (χ1n) is 6.64. The first-order chi connectivity index (χ1) is 9.64. The summed E-state index contributed by atoms with van der Waals surface area (Å²) in [6.07, 6.45) is 2.32. The summed E-state index contributed by atoms with van der Waals surface area (Å²) in [6.45, 7) is 6.34. The van der Waals surface area contributed by atoms with Crippen molar-refractivity contribution in [2.75, 3.05) is 41.0 Å². The van der Waals surface area contributed by atoms with E-state index in [9.17, 15) is 0 Å². The zero-order valence-corrected chi connectivity index (χ0v) is 14.0. The molecule has 0 heterocycles. The Kier molecular flexibility index (Phi) is 12.6. The number of rotatable bonds is 14. The van der Waals surface area contributed by atoms with Crippen molar-refractivity contribution < 1.29 is 32.8 Å². The van der Waals surface area contributed by atoms with E-state index in [0.29, 0.717) is 6.61 Å². The molecule has 0 fully saturated rings. The molecule has 0 radical (unpaired) electrons. The molecular weight excluding hydrogens is 286 g/mol. The van der Waals surface area contributed by atoms with Gasteiger partial charge in [0.1, 0.15) is 0 Å². The summed E-state index contributed by atoms with van der Waals surface area (Å²) < 4.78 is 20.2. The molecule has 0 spiro atoms. The van der Waals surface area contributed by atoms with Gasteiger partial charge in [-0.15, -0.1) is 0 Å². The van der Waals surface area contributed by atoms with Crippen LogP contribution in [0.4, 0.5) is 0 Å². The molecule has 20 heavy (non-hydrogen) atoms. The normalized spacial score (nSPS) is 13.7. The van der Waals surface area contributed by atoms with Crippen LogP contribution >= 0.6 is 0 Å². The molecule has 0 aliphatic heterocycles. The maximum absolute atomic E-state index is 5.53. The highest BCUT2D eigenvalue weighted by atomic mass is 28.4. The third-order valence-corrected chi connectivity index (χ3v) is 3.93. The molecule has 9 heteroatoms. The molecule has 0 saturated heterocycles. The van der Waals surface area contributed by atoms with Gasteiger partial charge in [-0.2, -0.15) is 13.7 Å². The average Bonchev–Trinajstić information content (AvgIpc) is 2.42. The van der Waals surface area contributed by atoms with Gasteiger partial charge < -0.3 is 9.74 Å². The second-order valence-corrected chi connectivity index (χ2v) is 6.01. The minimum Gasteiger partial charge on any atom is -0.347 e. The van der Waals surface area contributed by atoms with E-state index in [4.69, 9.17) is 18.2 Å². The van der Waals surface area contributed by atoms with Crippen molar-refractivity contribution in [2.24, 2.45) is 5.92 Å². The van der Waals surface area contributed by atoms with E-state index < -0.39 is 9.05 Å². The van der Waals surface area contributed by atoms with Crippen molar-refractivity contribution >= 4 is 9.05 Å². The summed E-state index contributed by atoms with van der Waals surface area (Å²) >= 11 is 0. The molecule has 0 aromatic rings. The zero-order valence-electron chi connectivity index (χ0n) is 13.0. The van der Waals surface area contributed by atoms with E-state index in [1.165, 1.54) is 27.8 Å². The van der Waals surface area contributed by atoms with E-state index in [0.717, 1.165) is 19.5 Å². The fourth-order valence-corrected chi connectivity index (χ4v) is 2.70. The predicted octanol–water partition coefficient (Wildman–Crippen LogP) is 1.20. The van der Waals surface area contributed by atoms with Crippen molar-refractivity contribution in [3.05, 3.63) is 0 Å². The first-order valence-corrected chi connectivity index (χ1v) is 8.27. The Bertz CT molecular complexity index is 206. The van der Waals surface area contributed by atoms with Crippen LogP contribution in [0.5, 0.6) is 0 Å². The summed E-state index contributed by atoms with van der Waals surface area (Å²) in [4.78, 5) is 13.7. The quantitative estimate of drug-likeness (QED) is 0.222. The summed E-state index contributed by atoms with van der Waals surface area (Å²) in [6, 6.07) is 0. The standard InChI is InChI=1S/C11H27NO7Si/c1-6-7-8-12-9-11(2)10-16-20(17-13-3,18-14-4)19-15-5/h11-12H,6-10H2,1-5H3. The van der Waals surface area contributed by atoms with Crippen molar-refractivity contribution in [3.8, 4) is 0 Å². The van der Waals surface area contributed by atoms with Crippen molar-refractivity contribution in [1.29, 1.82) is 0 Å². The smallest absolute Gasteiger partial charge is 0.347 e. The van der Waals surface area contributed by atoms with Gasteiger partial charge in [0.15, 0.2) is 0 Å². The van der Waals surface area contributed by atoms with Gasteiger partial charge in [-0.3, -0.25) is 0 Å². The molecule has 1 unspecified atom stereocenters. The van der Waals surface area contributed by atoms with Crippen LogP contribution < -0.4 is 5.32 Å². The van der Waals surface area contributed by atoms with Gasteiger partial charge in [-0.1, -0.05) is 20.3 Å². The Balaban J connectivity index is 4.14. The van der Waals surface area contributed by atoms with Crippen molar-refractivity contribution in [1.82, 2.24) is 5.32 Å². The van der Waals surface area contributed by atoms with Gasteiger partial charge in [0.2, 0.25) is 0 Å². The lowest BCUT2D eigenvalue weighted by Crippen LogP contribution is -2.49. The fourth-order valence-electron chi connectivity index (χ4n) is 1.37. The van der Waals surface area contributed by atoms with Crippen LogP contribution in [0.1, 0.15) is 26.7 Å². The van der Waals surface area contributed by atoms with E-state index in [1.807, 2.05) is 6.92 Å². The Morgan fingerprint density at radius 2 is 1.55 bits per heavy atom. The molecule has 0 bridgehead atoms.